The van der Waals surface area contributed by atoms with Gasteiger partial charge in [-0.15, -0.1) is 0 Å². The molecule has 5 heteroatoms. The van der Waals surface area contributed by atoms with E-state index < -0.39 is 0 Å². The molecule has 4 aromatic heterocycles. The molecule has 0 aliphatic heterocycles. The molecule has 0 spiro atoms. The highest BCUT2D eigenvalue weighted by Crippen LogP contribution is 2.50. The first-order valence-electron chi connectivity index (χ1n) is 11.2. The van der Waals surface area contributed by atoms with E-state index >= 15 is 0 Å². The minimum absolute atomic E-state index is 0.324. The second-order valence-corrected chi connectivity index (χ2v) is 9.47. The maximum absolute atomic E-state index is 13.9. The Morgan fingerprint density at radius 2 is 1.93 bits per heavy atom. The number of aromatic amines is 1. The Morgan fingerprint density at radius 3 is 2.73 bits per heavy atom. The summed E-state index contributed by atoms with van der Waals surface area (Å²) in [6.45, 7) is 2.46. The molecule has 3 saturated carbocycles. The molecule has 2 atom stereocenters. The molecule has 3 aliphatic carbocycles. The number of hydrogen-bond donors (Lipinski definition) is 1. The highest BCUT2D eigenvalue weighted by atomic mass is 19.1. The van der Waals surface area contributed by atoms with Crippen LogP contribution >= 0.6 is 0 Å². The predicted molar refractivity (Wildman–Crippen MR) is 118 cm³/mol. The summed E-state index contributed by atoms with van der Waals surface area (Å²) in [6.07, 6.45) is 11.9. The lowest BCUT2D eigenvalue weighted by Gasteiger charge is -2.47. The second-order valence-electron chi connectivity index (χ2n) is 9.47. The van der Waals surface area contributed by atoms with Crippen LogP contribution in [0.2, 0.25) is 0 Å². The van der Waals surface area contributed by atoms with Gasteiger partial charge in [-0.1, -0.05) is 6.92 Å². The van der Waals surface area contributed by atoms with Crippen LogP contribution in [0.4, 0.5) is 4.39 Å². The van der Waals surface area contributed by atoms with E-state index in [4.69, 9.17) is 4.98 Å². The first kappa shape index (κ1) is 18.1. The van der Waals surface area contributed by atoms with Gasteiger partial charge in [-0.05, 0) is 74.0 Å². The first-order valence-corrected chi connectivity index (χ1v) is 11.2. The average Bonchev–Trinajstić information content (AvgIpc) is 3.34. The molecule has 3 fully saturated rings. The smallest absolute Gasteiger partial charge is 0.142 e. The van der Waals surface area contributed by atoms with Gasteiger partial charge in [-0.3, -0.25) is 4.98 Å². The lowest BCUT2D eigenvalue weighted by Crippen LogP contribution is -2.39. The normalized spacial score (nSPS) is 26.1. The number of pyridine rings is 2. The summed E-state index contributed by atoms with van der Waals surface area (Å²) < 4.78 is 16.1. The third kappa shape index (κ3) is 2.71. The molecular formula is C25H27FN4. The fraction of sp³-hybridized carbons (Fsp3) is 0.440. The molecule has 0 saturated heterocycles. The fourth-order valence-electron chi connectivity index (χ4n) is 6.27. The van der Waals surface area contributed by atoms with E-state index in [1.807, 2.05) is 6.20 Å². The molecule has 3 aliphatic rings. The Kier molecular flexibility index (Phi) is 4.02. The van der Waals surface area contributed by atoms with E-state index in [9.17, 15) is 4.39 Å². The van der Waals surface area contributed by atoms with E-state index in [2.05, 4.69) is 46.8 Å². The minimum atomic E-state index is -0.324. The summed E-state index contributed by atoms with van der Waals surface area (Å²) in [5, 5.41) is 2.03. The molecule has 2 unspecified atom stereocenters. The zero-order valence-corrected chi connectivity index (χ0v) is 17.5. The monoisotopic (exact) mass is 402 g/mol. The van der Waals surface area contributed by atoms with E-state index in [-0.39, 0.29) is 5.82 Å². The highest BCUT2D eigenvalue weighted by molar-refractivity contribution is 5.95. The van der Waals surface area contributed by atoms with Crippen LogP contribution in [0.5, 0.6) is 0 Å². The minimum Gasteiger partial charge on any atom is -0.350 e. The molecule has 4 heterocycles. The van der Waals surface area contributed by atoms with E-state index in [0.29, 0.717) is 11.6 Å². The van der Waals surface area contributed by atoms with Crippen LogP contribution in [0.15, 0.2) is 36.8 Å². The van der Waals surface area contributed by atoms with Crippen molar-refractivity contribution in [3.05, 3.63) is 48.3 Å². The van der Waals surface area contributed by atoms with Crippen LogP contribution in [0, 0.1) is 29.5 Å². The maximum Gasteiger partial charge on any atom is 0.142 e. The van der Waals surface area contributed by atoms with Crippen molar-refractivity contribution in [3.8, 4) is 11.3 Å². The quantitative estimate of drug-likeness (QED) is 0.466. The molecule has 1 N–H and O–H groups in total. The average molecular weight is 403 g/mol. The SMILES string of the molecule is CC1C2CCC(CC2)C1Cc1nc(-c2c[nH]c3ncc(F)cc23)cc2c1ccn2C. The first-order chi connectivity index (χ1) is 14.6. The zero-order chi connectivity index (χ0) is 20.4. The Labute approximate surface area is 175 Å². The Balaban J connectivity index is 1.48. The van der Waals surface area contributed by atoms with Gasteiger partial charge in [0.15, 0.2) is 0 Å². The summed E-state index contributed by atoms with van der Waals surface area (Å²) in [5.74, 6) is 2.88. The number of aromatic nitrogens is 4. The van der Waals surface area contributed by atoms with Crippen molar-refractivity contribution in [1.82, 2.24) is 19.5 Å². The molecule has 30 heavy (non-hydrogen) atoms. The van der Waals surface area contributed by atoms with Crippen molar-refractivity contribution in [2.45, 2.75) is 39.0 Å². The molecular weight excluding hydrogens is 375 g/mol. The molecule has 4 nitrogen and oxygen atoms in total. The van der Waals surface area contributed by atoms with E-state index in [0.717, 1.165) is 40.8 Å². The third-order valence-corrected chi connectivity index (χ3v) is 8.00. The van der Waals surface area contributed by atoms with Gasteiger partial charge >= 0.3 is 0 Å². The number of nitrogens with one attached hydrogen (secondary N) is 1. The van der Waals surface area contributed by atoms with Crippen molar-refractivity contribution in [2.75, 3.05) is 0 Å². The van der Waals surface area contributed by atoms with Gasteiger partial charge < -0.3 is 9.55 Å². The van der Waals surface area contributed by atoms with E-state index in [1.165, 1.54) is 48.5 Å². The molecule has 4 aromatic rings. The largest absolute Gasteiger partial charge is 0.350 e. The van der Waals surface area contributed by atoms with Crippen molar-refractivity contribution >= 4 is 21.9 Å². The van der Waals surface area contributed by atoms with Crippen LogP contribution < -0.4 is 0 Å². The topological polar surface area (TPSA) is 46.5 Å². The van der Waals surface area contributed by atoms with Crippen LogP contribution in [0.3, 0.4) is 0 Å². The van der Waals surface area contributed by atoms with Gasteiger partial charge in [-0.25, -0.2) is 9.37 Å². The second kappa shape index (κ2) is 6.66. The molecule has 7 rings (SSSR count). The zero-order valence-electron chi connectivity index (χ0n) is 17.5. The maximum atomic E-state index is 13.9. The Hall–Kier alpha value is -2.69. The number of H-pyrrole nitrogens is 1. The van der Waals surface area contributed by atoms with Crippen LogP contribution in [0.1, 0.15) is 38.3 Å². The molecule has 154 valence electrons. The predicted octanol–water partition coefficient (Wildman–Crippen LogP) is 5.87. The van der Waals surface area contributed by atoms with Crippen LogP contribution in [-0.4, -0.2) is 19.5 Å². The standard InChI is InChI=1S/C25H27FN4/c1-14-15-3-5-16(6-4-15)19(14)10-22-18-7-8-30(2)24(18)11-23(29-22)21-13-28-25-20(21)9-17(26)12-27-25/h7-9,11-16,19H,3-6,10H2,1-2H3,(H,27,28). The highest BCUT2D eigenvalue weighted by Gasteiger charge is 2.41. The summed E-state index contributed by atoms with van der Waals surface area (Å²) in [4.78, 5) is 12.5. The number of hydrogen-bond acceptors (Lipinski definition) is 2. The summed E-state index contributed by atoms with van der Waals surface area (Å²) in [6, 6.07) is 5.87. The number of rotatable bonds is 3. The lowest BCUT2D eigenvalue weighted by atomic mass is 9.58. The summed E-state index contributed by atoms with van der Waals surface area (Å²) in [7, 11) is 2.08. The van der Waals surface area contributed by atoms with Crippen molar-refractivity contribution in [2.24, 2.45) is 30.7 Å². The van der Waals surface area contributed by atoms with E-state index in [1.54, 1.807) is 6.07 Å². The summed E-state index contributed by atoms with van der Waals surface area (Å²) >= 11 is 0. The van der Waals surface area contributed by atoms with Gasteiger partial charge in [-0.2, -0.15) is 0 Å². The molecule has 2 bridgehead atoms. The number of nitrogens with zero attached hydrogens (tertiary/aromatic N) is 3. The fourth-order valence-corrected chi connectivity index (χ4v) is 6.27. The van der Waals surface area contributed by atoms with Crippen LogP contribution in [0.25, 0.3) is 33.2 Å². The molecule has 0 amide bonds. The lowest BCUT2D eigenvalue weighted by molar-refractivity contribution is 0.0341. The third-order valence-electron chi connectivity index (χ3n) is 8.00. The van der Waals surface area contributed by atoms with Crippen molar-refractivity contribution < 1.29 is 4.39 Å². The Morgan fingerprint density at radius 1 is 1.13 bits per heavy atom. The van der Waals surface area contributed by atoms with Crippen molar-refractivity contribution in [3.63, 3.8) is 0 Å². The Bertz CT molecular complexity index is 1240. The molecule has 0 aromatic carbocycles. The van der Waals surface area contributed by atoms with Gasteiger partial charge in [0.25, 0.3) is 0 Å². The van der Waals surface area contributed by atoms with Gasteiger partial charge in [0.05, 0.1) is 23.1 Å². The van der Waals surface area contributed by atoms with Crippen LogP contribution in [-0.2, 0) is 13.5 Å². The van der Waals surface area contributed by atoms with Gasteiger partial charge in [0.2, 0.25) is 0 Å². The number of fused-ring (bicyclic) bond motifs is 5. The summed E-state index contributed by atoms with van der Waals surface area (Å²) in [5.41, 5.74) is 4.87. The number of aryl methyl sites for hydroxylation is 1. The van der Waals surface area contributed by atoms with Gasteiger partial charge in [0.1, 0.15) is 11.5 Å². The number of halogens is 1. The van der Waals surface area contributed by atoms with Gasteiger partial charge in [0, 0.05) is 35.8 Å². The van der Waals surface area contributed by atoms with Crippen molar-refractivity contribution in [1.29, 1.82) is 0 Å². The molecule has 0 radical (unpaired) electrons.